The lowest BCUT2D eigenvalue weighted by atomic mass is 10.3. The second-order valence-electron chi connectivity index (χ2n) is 4.66. The predicted octanol–water partition coefficient (Wildman–Crippen LogP) is 1.09. The van der Waals surface area contributed by atoms with Gasteiger partial charge in [-0.3, -0.25) is 9.88 Å². The van der Waals surface area contributed by atoms with Crippen LogP contribution in [0.4, 0.5) is 11.4 Å². The van der Waals surface area contributed by atoms with Crippen molar-refractivity contribution >= 4 is 27.3 Å². The third-order valence-electron chi connectivity index (χ3n) is 3.25. The van der Waals surface area contributed by atoms with E-state index < -0.39 is 0 Å². The smallest absolute Gasteiger partial charge is 0.0750 e. The topological polar surface area (TPSA) is 57.4 Å². The molecule has 1 aliphatic rings. The summed E-state index contributed by atoms with van der Waals surface area (Å²) in [5.74, 6) is 0. The summed E-state index contributed by atoms with van der Waals surface area (Å²) >= 11 is 3.46. The van der Waals surface area contributed by atoms with Gasteiger partial charge in [-0.1, -0.05) is 0 Å². The number of hydrogen-bond acceptors (Lipinski definition) is 5. The minimum absolute atomic E-state index is 0.683. The molecule has 5 nitrogen and oxygen atoms in total. The van der Waals surface area contributed by atoms with Crippen molar-refractivity contribution in [3.63, 3.8) is 0 Å². The van der Waals surface area contributed by atoms with Crippen molar-refractivity contribution in [3.8, 4) is 0 Å². The molecule has 0 saturated carbocycles. The van der Waals surface area contributed by atoms with Crippen LogP contribution >= 0.6 is 15.9 Å². The maximum Gasteiger partial charge on any atom is 0.0750 e. The Morgan fingerprint density at radius 1 is 1.33 bits per heavy atom. The number of nitrogens with one attached hydrogen (secondary N) is 1. The molecule has 2 rings (SSSR count). The molecule has 0 aromatic carbocycles. The van der Waals surface area contributed by atoms with E-state index in [9.17, 15) is 0 Å². The molecule has 3 N–H and O–H groups in total. The normalized spacial score (nSPS) is 17.9. The highest BCUT2D eigenvalue weighted by molar-refractivity contribution is 9.10. The van der Waals surface area contributed by atoms with Crippen LogP contribution in [0.3, 0.4) is 0 Å². The van der Waals surface area contributed by atoms with Gasteiger partial charge >= 0.3 is 0 Å². The minimum Gasteiger partial charge on any atom is -0.396 e. The Balaban J connectivity index is 1.78. The number of halogens is 1. The summed E-state index contributed by atoms with van der Waals surface area (Å²) in [5.41, 5.74) is 7.51. The predicted molar refractivity (Wildman–Crippen MR) is 78.8 cm³/mol. The summed E-state index contributed by atoms with van der Waals surface area (Å²) in [7, 11) is 2.17. The number of likely N-dealkylation sites (N-methyl/N-ethyl adjacent to an activating group) is 1. The van der Waals surface area contributed by atoms with Crippen molar-refractivity contribution in [1.29, 1.82) is 0 Å². The van der Waals surface area contributed by atoms with E-state index in [1.807, 2.05) is 0 Å². The highest BCUT2D eigenvalue weighted by Crippen LogP contribution is 2.26. The monoisotopic (exact) mass is 313 g/mol. The molecule has 18 heavy (non-hydrogen) atoms. The molecule has 1 fully saturated rings. The van der Waals surface area contributed by atoms with Crippen LogP contribution in [0.15, 0.2) is 16.9 Å². The largest absolute Gasteiger partial charge is 0.396 e. The molecule has 0 aliphatic carbocycles. The van der Waals surface area contributed by atoms with Gasteiger partial charge in [0.05, 0.1) is 22.0 Å². The Morgan fingerprint density at radius 2 is 2.06 bits per heavy atom. The van der Waals surface area contributed by atoms with E-state index in [0.29, 0.717) is 5.69 Å². The second kappa shape index (κ2) is 6.36. The molecular weight excluding hydrogens is 294 g/mol. The highest BCUT2D eigenvalue weighted by atomic mass is 79.9. The molecule has 0 unspecified atom stereocenters. The maximum absolute atomic E-state index is 5.88. The van der Waals surface area contributed by atoms with Gasteiger partial charge in [0, 0.05) is 45.5 Å². The Morgan fingerprint density at radius 3 is 2.72 bits per heavy atom. The minimum atomic E-state index is 0.683. The van der Waals surface area contributed by atoms with Crippen LogP contribution in [-0.2, 0) is 0 Å². The molecule has 1 aliphatic heterocycles. The van der Waals surface area contributed by atoms with Gasteiger partial charge in [-0.25, -0.2) is 0 Å². The SMILES string of the molecule is CN1CCN(CCNc2c(N)cncc2Br)CC1. The van der Waals surface area contributed by atoms with Gasteiger partial charge in [0.15, 0.2) is 0 Å². The molecule has 0 amide bonds. The van der Waals surface area contributed by atoms with Gasteiger partial charge in [0.2, 0.25) is 0 Å². The number of hydrogen-bond donors (Lipinski definition) is 2. The molecule has 0 atom stereocenters. The van der Waals surface area contributed by atoms with Gasteiger partial charge in [-0.05, 0) is 23.0 Å². The van der Waals surface area contributed by atoms with Crippen molar-refractivity contribution in [2.45, 2.75) is 0 Å². The zero-order chi connectivity index (χ0) is 13.0. The fraction of sp³-hybridized carbons (Fsp3) is 0.583. The molecule has 1 saturated heterocycles. The molecular formula is C12H20BrN5. The van der Waals surface area contributed by atoms with Gasteiger partial charge in [-0.2, -0.15) is 0 Å². The number of anilines is 2. The van der Waals surface area contributed by atoms with Crippen LogP contribution in [0.25, 0.3) is 0 Å². The number of rotatable bonds is 4. The number of aromatic nitrogens is 1. The number of nitrogen functional groups attached to an aromatic ring is 1. The lowest BCUT2D eigenvalue weighted by Gasteiger charge is -2.32. The molecule has 100 valence electrons. The van der Waals surface area contributed by atoms with Gasteiger partial charge in [-0.15, -0.1) is 0 Å². The van der Waals surface area contributed by atoms with E-state index in [0.717, 1.165) is 49.4 Å². The Kier molecular flexibility index (Phi) is 4.79. The standard InChI is InChI=1S/C12H20BrN5/c1-17-4-6-18(7-5-17)3-2-16-12-10(13)8-15-9-11(12)14/h8-9H,2-7,14H2,1H3,(H,15,16). The maximum atomic E-state index is 5.88. The third-order valence-corrected chi connectivity index (χ3v) is 3.86. The fourth-order valence-electron chi connectivity index (χ4n) is 2.05. The zero-order valence-corrected chi connectivity index (χ0v) is 12.3. The number of nitrogens with zero attached hydrogens (tertiary/aromatic N) is 3. The number of piperazine rings is 1. The molecule has 0 bridgehead atoms. The van der Waals surface area contributed by atoms with Crippen LogP contribution in [-0.4, -0.2) is 61.1 Å². The van der Waals surface area contributed by atoms with E-state index in [2.05, 4.69) is 43.1 Å². The summed E-state index contributed by atoms with van der Waals surface area (Å²) in [5, 5.41) is 3.37. The average Bonchev–Trinajstić information content (AvgIpc) is 2.35. The van der Waals surface area contributed by atoms with Crippen LogP contribution < -0.4 is 11.1 Å². The van der Waals surface area contributed by atoms with Gasteiger partial charge < -0.3 is 16.0 Å². The number of nitrogens with two attached hydrogens (primary N) is 1. The van der Waals surface area contributed by atoms with E-state index in [-0.39, 0.29) is 0 Å². The fourth-order valence-corrected chi connectivity index (χ4v) is 2.53. The van der Waals surface area contributed by atoms with Gasteiger partial charge in [0.1, 0.15) is 0 Å². The summed E-state index contributed by atoms with van der Waals surface area (Å²) in [4.78, 5) is 8.86. The first-order valence-electron chi connectivity index (χ1n) is 6.20. The molecule has 1 aromatic heterocycles. The quantitative estimate of drug-likeness (QED) is 0.871. The average molecular weight is 314 g/mol. The number of pyridine rings is 1. The van der Waals surface area contributed by atoms with E-state index in [1.54, 1.807) is 12.4 Å². The molecule has 2 heterocycles. The van der Waals surface area contributed by atoms with Crippen molar-refractivity contribution in [2.24, 2.45) is 0 Å². The first kappa shape index (κ1) is 13.6. The van der Waals surface area contributed by atoms with Crippen LogP contribution in [0, 0.1) is 0 Å². The summed E-state index contributed by atoms with van der Waals surface area (Å²) in [6, 6.07) is 0. The third kappa shape index (κ3) is 3.57. The summed E-state index contributed by atoms with van der Waals surface area (Å²) < 4.78 is 0.917. The molecule has 6 heteroatoms. The van der Waals surface area contributed by atoms with E-state index >= 15 is 0 Å². The lowest BCUT2D eigenvalue weighted by Crippen LogP contribution is -2.45. The van der Waals surface area contributed by atoms with Gasteiger partial charge in [0.25, 0.3) is 0 Å². The zero-order valence-electron chi connectivity index (χ0n) is 10.7. The summed E-state index contributed by atoms with van der Waals surface area (Å²) in [6.07, 6.45) is 3.43. The van der Waals surface area contributed by atoms with Crippen molar-refractivity contribution < 1.29 is 0 Å². The Hall–Kier alpha value is -0.850. The second-order valence-corrected chi connectivity index (χ2v) is 5.51. The van der Waals surface area contributed by atoms with Crippen LogP contribution in [0.2, 0.25) is 0 Å². The van der Waals surface area contributed by atoms with Crippen LogP contribution in [0.1, 0.15) is 0 Å². The molecule has 0 radical (unpaired) electrons. The highest BCUT2D eigenvalue weighted by Gasteiger charge is 2.13. The first-order chi connectivity index (χ1) is 8.66. The van der Waals surface area contributed by atoms with Crippen LogP contribution in [0.5, 0.6) is 0 Å². The Bertz CT molecular complexity index is 370. The summed E-state index contributed by atoms with van der Waals surface area (Å²) in [6.45, 7) is 6.54. The molecule has 0 spiro atoms. The van der Waals surface area contributed by atoms with E-state index in [4.69, 9.17) is 5.73 Å². The van der Waals surface area contributed by atoms with E-state index in [1.165, 1.54) is 0 Å². The Labute approximate surface area is 116 Å². The van der Waals surface area contributed by atoms with Crippen molar-refractivity contribution in [2.75, 3.05) is 57.4 Å². The lowest BCUT2D eigenvalue weighted by molar-refractivity contribution is 0.158. The molecule has 1 aromatic rings. The van der Waals surface area contributed by atoms with Crippen molar-refractivity contribution in [3.05, 3.63) is 16.9 Å². The first-order valence-corrected chi connectivity index (χ1v) is 7.00. The van der Waals surface area contributed by atoms with Crippen molar-refractivity contribution in [1.82, 2.24) is 14.8 Å².